The van der Waals surface area contributed by atoms with Crippen LogP contribution < -0.4 is 9.47 Å². The Balaban J connectivity index is 1.40. The summed E-state index contributed by atoms with van der Waals surface area (Å²) in [6.45, 7) is 0.264. The molecule has 0 bridgehead atoms. The Hall–Kier alpha value is -2.84. The van der Waals surface area contributed by atoms with E-state index in [1.54, 1.807) is 13.2 Å². The summed E-state index contributed by atoms with van der Waals surface area (Å²) in [6.07, 6.45) is 6.79. The smallest absolute Gasteiger partial charge is 0.326 e. The standard InChI is InChI=1S/C26H27NO5S2/c1-30-22-14-19(12-13-21(22)31-17-18-8-4-2-5-9-18)15-23-25(29)27(26(33)34-23)16-24(28)32-20-10-6-3-7-11-20/h2,4-5,8-9,12-15,20H,3,6-7,10-11,16-17H2,1H3/b23-15-. The molecule has 2 fully saturated rings. The second-order valence-corrected chi connectivity index (χ2v) is 9.88. The predicted molar refractivity (Wildman–Crippen MR) is 137 cm³/mol. The first-order chi connectivity index (χ1) is 16.5. The van der Waals surface area contributed by atoms with E-state index in [2.05, 4.69) is 0 Å². The molecular weight excluding hydrogens is 470 g/mol. The van der Waals surface area contributed by atoms with E-state index in [0.717, 1.165) is 36.8 Å². The highest BCUT2D eigenvalue weighted by atomic mass is 32.2. The van der Waals surface area contributed by atoms with Gasteiger partial charge in [0.25, 0.3) is 5.91 Å². The van der Waals surface area contributed by atoms with Crippen molar-refractivity contribution in [1.82, 2.24) is 4.90 Å². The minimum atomic E-state index is -0.411. The second kappa shape index (κ2) is 11.5. The van der Waals surface area contributed by atoms with Crippen LogP contribution in [0.25, 0.3) is 6.08 Å². The minimum absolute atomic E-state index is 0.0507. The third-order valence-electron chi connectivity index (χ3n) is 5.73. The molecular formula is C26H27NO5S2. The summed E-state index contributed by atoms with van der Waals surface area (Å²) < 4.78 is 17.3. The van der Waals surface area contributed by atoms with Crippen LogP contribution in [0.15, 0.2) is 53.4 Å². The van der Waals surface area contributed by atoms with Crippen molar-refractivity contribution in [3.05, 3.63) is 64.6 Å². The third-order valence-corrected chi connectivity index (χ3v) is 7.11. The lowest BCUT2D eigenvalue weighted by atomic mass is 9.98. The molecule has 1 aliphatic carbocycles. The molecule has 34 heavy (non-hydrogen) atoms. The SMILES string of the molecule is COc1cc(/C=C2\SC(=S)N(CC(=O)OC3CCCCC3)C2=O)ccc1OCc1ccccc1. The molecule has 1 heterocycles. The maximum Gasteiger partial charge on any atom is 0.326 e. The number of rotatable bonds is 8. The van der Waals surface area contributed by atoms with Crippen molar-refractivity contribution in [2.75, 3.05) is 13.7 Å². The summed E-state index contributed by atoms with van der Waals surface area (Å²) in [5.74, 6) is 0.475. The number of thiocarbonyl (C=S) groups is 1. The van der Waals surface area contributed by atoms with Crippen molar-refractivity contribution in [2.24, 2.45) is 0 Å². The molecule has 6 nitrogen and oxygen atoms in total. The molecule has 1 amide bonds. The van der Waals surface area contributed by atoms with Gasteiger partial charge in [0.05, 0.1) is 12.0 Å². The fraction of sp³-hybridized carbons (Fsp3) is 0.346. The average Bonchev–Trinajstić information content (AvgIpc) is 3.11. The lowest BCUT2D eigenvalue weighted by Gasteiger charge is -2.23. The van der Waals surface area contributed by atoms with Crippen LogP contribution in [0.2, 0.25) is 0 Å². The summed E-state index contributed by atoms with van der Waals surface area (Å²) in [4.78, 5) is 27.1. The first-order valence-electron chi connectivity index (χ1n) is 11.3. The van der Waals surface area contributed by atoms with Crippen LogP contribution in [0.5, 0.6) is 11.5 Å². The lowest BCUT2D eigenvalue weighted by molar-refractivity contribution is -0.152. The molecule has 0 unspecified atom stereocenters. The van der Waals surface area contributed by atoms with E-state index in [1.807, 2.05) is 48.5 Å². The highest BCUT2D eigenvalue weighted by molar-refractivity contribution is 8.26. The lowest BCUT2D eigenvalue weighted by Crippen LogP contribution is -2.36. The molecule has 8 heteroatoms. The zero-order valence-corrected chi connectivity index (χ0v) is 20.7. The van der Waals surface area contributed by atoms with Crippen molar-refractivity contribution in [3.63, 3.8) is 0 Å². The summed E-state index contributed by atoms with van der Waals surface area (Å²) >= 11 is 6.54. The Morgan fingerprint density at radius 1 is 1.12 bits per heavy atom. The van der Waals surface area contributed by atoms with E-state index in [0.29, 0.717) is 27.3 Å². The normalized spacial score (nSPS) is 17.8. The molecule has 0 radical (unpaired) electrons. The number of thioether (sulfide) groups is 1. The van der Waals surface area contributed by atoms with Gasteiger partial charge >= 0.3 is 5.97 Å². The zero-order chi connectivity index (χ0) is 23.9. The number of benzene rings is 2. The predicted octanol–water partition coefficient (Wildman–Crippen LogP) is 5.35. The molecule has 0 atom stereocenters. The van der Waals surface area contributed by atoms with Crippen LogP contribution in [0.3, 0.4) is 0 Å². The number of amides is 1. The molecule has 1 saturated carbocycles. The van der Waals surface area contributed by atoms with Gasteiger partial charge in [-0.3, -0.25) is 14.5 Å². The van der Waals surface area contributed by atoms with E-state index < -0.39 is 5.97 Å². The van der Waals surface area contributed by atoms with Gasteiger partial charge in [-0.15, -0.1) is 0 Å². The molecule has 178 valence electrons. The number of ether oxygens (including phenoxy) is 3. The van der Waals surface area contributed by atoms with Crippen molar-refractivity contribution in [3.8, 4) is 11.5 Å². The van der Waals surface area contributed by atoms with Crippen molar-refractivity contribution in [1.29, 1.82) is 0 Å². The van der Waals surface area contributed by atoms with Crippen LogP contribution in [0.4, 0.5) is 0 Å². The number of nitrogens with zero attached hydrogens (tertiary/aromatic N) is 1. The molecule has 0 N–H and O–H groups in total. The second-order valence-electron chi connectivity index (χ2n) is 8.20. The fourth-order valence-electron chi connectivity index (χ4n) is 3.95. The molecule has 4 rings (SSSR count). The number of hydrogen-bond donors (Lipinski definition) is 0. The highest BCUT2D eigenvalue weighted by Gasteiger charge is 2.34. The van der Waals surface area contributed by atoms with Crippen molar-refractivity contribution >= 4 is 46.3 Å². The van der Waals surface area contributed by atoms with Crippen molar-refractivity contribution < 1.29 is 23.8 Å². The monoisotopic (exact) mass is 497 g/mol. The van der Waals surface area contributed by atoms with Gasteiger partial charge in [-0.1, -0.05) is 66.8 Å². The number of esters is 1. The quantitative estimate of drug-likeness (QED) is 0.277. The van der Waals surface area contributed by atoms with Gasteiger partial charge in [-0.2, -0.15) is 0 Å². The van der Waals surface area contributed by atoms with E-state index in [4.69, 9.17) is 26.4 Å². The summed E-state index contributed by atoms with van der Waals surface area (Å²) in [6, 6.07) is 15.4. The molecule has 1 saturated heterocycles. The molecule has 0 spiro atoms. The molecule has 2 aliphatic rings. The summed E-state index contributed by atoms with van der Waals surface area (Å²) in [7, 11) is 1.58. The Labute approximate surface area is 209 Å². The van der Waals surface area contributed by atoms with Gasteiger partial charge in [-0.05, 0) is 55.0 Å². The topological polar surface area (TPSA) is 65.1 Å². The number of carbonyl (C=O) groups is 2. The minimum Gasteiger partial charge on any atom is -0.493 e. The first-order valence-corrected chi connectivity index (χ1v) is 12.6. The maximum atomic E-state index is 12.9. The van der Waals surface area contributed by atoms with Gasteiger partial charge < -0.3 is 14.2 Å². The highest BCUT2D eigenvalue weighted by Crippen LogP contribution is 2.35. The van der Waals surface area contributed by atoms with Crippen LogP contribution in [-0.2, 0) is 20.9 Å². The molecule has 0 aromatic heterocycles. The Morgan fingerprint density at radius 3 is 2.62 bits per heavy atom. The zero-order valence-electron chi connectivity index (χ0n) is 19.0. The van der Waals surface area contributed by atoms with Gasteiger partial charge in [0.1, 0.15) is 23.6 Å². The van der Waals surface area contributed by atoms with Gasteiger partial charge in [0, 0.05) is 0 Å². The first kappa shape index (κ1) is 24.3. The van der Waals surface area contributed by atoms with Gasteiger partial charge in [0.15, 0.2) is 11.5 Å². The van der Waals surface area contributed by atoms with Gasteiger partial charge in [-0.25, -0.2) is 0 Å². The third kappa shape index (κ3) is 6.18. The Morgan fingerprint density at radius 2 is 1.88 bits per heavy atom. The van der Waals surface area contributed by atoms with Gasteiger partial charge in [0.2, 0.25) is 0 Å². The van der Waals surface area contributed by atoms with Crippen molar-refractivity contribution in [2.45, 2.75) is 44.8 Å². The summed E-state index contributed by atoms with van der Waals surface area (Å²) in [5.41, 5.74) is 1.83. The molecule has 1 aliphatic heterocycles. The average molecular weight is 498 g/mol. The number of methoxy groups -OCH3 is 1. The molecule has 2 aromatic carbocycles. The number of carbonyl (C=O) groups excluding carboxylic acids is 2. The largest absolute Gasteiger partial charge is 0.493 e. The van der Waals surface area contributed by atoms with E-state index >= 15 is 0 Å². The Kier molecular flexibility index (Phi) is 8.24. The maximum absolute atomic E-state index is 12.9. The van der Waals surface area contributed by atoms with Crippen LogP contribution in [0, 0.1) is 0 Å². The fourth-order valence-corrected chi connectivity index (χ4v) is 5.21. The molecule has 2 aromatic rings. The van der Waals surface area contributed by atoms with Crippen LogP contribution >= 0.6 is 24.0 Å². The van der Waals surface area contributed by atoms with Crippen LogP contribution in [0.1, 0.15) is 43.2 Å². The van der Waals surface area contributed by atoms with E-state index in [1.165, 1.54) is 23.1 Å². The van der Waals surface area contributed by atoms with E-state index in [9.17, 15) is 9.59 Å². The van der Waals surface area contributed by atoms with E-state index in [-0.39, 0.29) is 18.6 Å². The van der Waals surface area contributed by atoms with Crippen LogP contribution in [-0.4, -0.2) is 40.9 Å². The summed E-state index contributed by atoms with van der Waals surface area (Å²) in [5, 5.41) is 0. The Bertz CT molecular complexity index is 1080. The number of hydrogen-bond acceptors (Lipinski definition) is 7.